The van der Waals surface area contributed by atoms with Gasteiger partial charge in [0.1, 0.15) is 11.9 Å². The van der Waals surface area contributed by atoms with Gasteiger partial charge in [0.15, 0.2) is 0 Å². The van der Waals surface area contributed by atoms with Crippen LogP contribution in [-0.4, -0.2) is 47.7 Å². The summed E-state index contributed by atoms with van der Waals surface area (Å²) in [5.74, 6) is 0.160. The number of unbranched alkanes of at least 4 members (excludes halogenated alkanes) is 1. The number of methoxy groups -OCH3 is 1. The van der Waals surface area contributed by atoms with Gasteiger partial charge in [0.05, 0.1) is 23.1 Å². The van der Waals surface area contributed by atoms with Gasteiger partial charge in [-0.05, 0) is 88.3 Å². The zero-order chi connectivity index (χ0) is 26.3. The van der Waals surface area contributed by atoms with Crippen LogP contribution in [0.5, 0.6) is 5.75 Å². The molecule has 2 N–H and O–H groups in total. The molecule has 2 heterocycles. The Hall–Kier alpha value is -2.74. The van der Waals surface area contributed by atoms with Crippen LogP contribution in [0.15, 0.2) is 54.7 Å². The number of ether oxygens (including phenoxy) is 1. The molecule has 0 bridgehead atoms. The summed E-state index contributed by atoms with van der Waals surface area (Å²) >= 11 is 6.39. The molecule has 3 aromatic rings. The quantitative estimate of drug-likeness (QED) is 0.174. The van der Waals surface area contributed by atoms with E-state index in [4.69, 9.17) is 16.3 Å². The summed E-state index contributed by atoms with van der Waals surface area (Å²) in [4.78, 5) is 19.4. The Balaban J connectivity index is 1.36. The van der Waals surface area contributed by atoms with E-state index in [9.17, 15) is 10.0 Å². The van der Waals surface area contributed by atoms with Gasteiger partial charge in [-0.25, -0.2) is 9.87 Å². The number of piperidine rings is 1. The Morgan fingerprint density at radius 3 is 2.68 bits per heavy atom. The van der Waals surface area contributed by atoms with Gasteiger partial charge >= 0.3 is 0 Å². The van der Waals surface area contributed by atoms with E-state index >= 15 is 4.39 Å². The smallest absolute Gasteiger partial charge is 0.249 e. The van der Waals surface area contributed by atoms with Crippen molar-refractivity contribution < 1.29 is 19.1 Å². The number of alkyl halides is 1. The lowest BCUT2D eigenvalue weighted by Gasteiger charge is -2.40. The van der Waals surface area contributed by atoms with Crippen molar-refractivity contribution in [2.75, 3.05) is 26.7 Å². The molecule has 0 unspecified atom stereocenters. The molecule has 0 spiro atoms. The average molecular weight is 528 g/mol. The predicted molar refractivity (Wildman–Crippen MR) is 144 cm³/mol. The number of nitrogens with zero attached hydrogens (tertiary/aromatic N) is 2. The second-order valence-corrected chi connectivity index (χ2v) is 10.3. The topological polar surface area (TPSA) is 74.7 Å². The third-order valence-corrected chi connectivity index (χ3v) is 7.99. The van der Waals surface area contributed by atoms with Crippen LogP contribution >= 0.6 is 11.6 Å². The van der Waals surface area contributed by atoms with Gasteiger partial charge in [0.2, 0.25) is 5.91 Å². The number of carbonyl (C=O) groups excluding carboxylic acids is 1. The molecule has 6 nitrogen and oxygen atoms in total. The monoisotopic (exact) mass is 527 g/mol. The number of hydroxylamine groups is 1. The van der Waals surface area contributed by atoms with Crippen molar-refractivity contribution in [3.8, 4) is 5.75 Å². The number of hydrogen-bond acceptors (Lipinski definition) is 5. The van der Waals surface area contributed by atoms with Crippen LogP contribution in [0.25, 0.3) is 10.9 Å². The Kier molecular flexibility index (Phi) is 9.35. The molecule has 8 heteroatoms. The molecule has 1 atom stereocenters. The fourth-order valence-electron chi connectivity index (χ4n) is 5.38. The highest BCUT2D eigenvalue weighted by Gasteiger charge is 2.41. The van der Waals surface area contributed by atoms with Crippen molar-refractivity contribution in [2.45, 2.75) is 51.1 Å². The molecule has 0 aliphatic carbocycles. The van der Waals surface area contributed by atoms with Crippen molar-refractivity contribution in [2.24, 2.45) is 5.41 Å². The summed E-state index contributed by atoms with van der Waals surface area (Å²) in [5.41, 5.74) is 3.38. The summed E-state index contributed by atoms with van der Waals surface area (Å²) in [6.07, 6.45) is 4.89. The van der Waals surface area contributed by atoms with E-state index in [0.717, 1.165) is 38.9 Å². The highest BCUT2D eigenvalue weighted by Crippen LogP contribution is 2.42. The zero-order valence-corrected chi connectivity index (χ0v) is 22.0. The predicted octanol–water partition coefficient (Wildman–Crippen LogP) is 6.30. The number of rotatable bonds is 11. The second kappa shape index (κ2) is 12.7. The number of benzene rings is 2. The summed E-state index contributed by atoms with van der Waals surface area (Å²) < 4.78 is 21.0. The van der Waals surface area contributed by atoms with Gasteiger partial charge in [-0.2, -0.15) is 0 Å². The van der Waals surface area contributed by atoms with E-state index in [1.165, 1.54) is 11.8 Å². The fourth-order valence-corrected chi connectivity index (χ4v) is 5.65. The third-order valence-electron chi connectivity index (χ3n) is 7.69. The first-order chi connectivity index (χ1) is 18.0. The van der Waals surface area contributed by atoms with Crippen LogP contribution in [0.4, 0.5) is 4.39 Å². The summed E-state index contributed by atoms with van der Waals surface area (Å²) in [6.45, 7) is 2.45. The highest BCUT2D eigenvalue weighted by molar-refractivity contribution is 6.32. The van der Waals surface area contributed by atoms with Gasteiger partial charge in [0, 0.05) is 17.1 Å². The van der Waals surface area contributed by atoms with Crippen molar-refractivity contribution in [1.29, 1.82) is 0 Å². The largest absolute Gasteiger partial charge is 0.497 e. The zero-order valence-electron chi connectivity index (χ0n) is 21.3. The lowest BCUT2D eigenvalue weighted by molar-refractivity contribution is -0.143. The summed E-state index contributed by atoms with van der Waals surface area (Å²) in [7, 11) is 1.55. The van der Waals surface area contributed by atoms with E-state index in [1.807, 2.05) is 11.5 Å². The Morgan fingerprint density at radius 2 is 1.97 bits per heavy atom. The van der Waals surface area contributed by atoms with Crippen molar-refractivity contribution in [3.05, 3.63) is 70.9 Å². The van der Waals surface area contributed by atoms with E-state index < -0.39 is 17.5 Å². The van der Waals surface area contributed by atoms with Crippen LogP contribution in [0, 0.1) is 5.41 Å². The number of nitrogens with one attached hydrogen (secondary N) is 1. The molecule has 0 saturated carbocycles. The number of aryl methyl sites for hydroxylation is 1. The summed E-state index contributed by atoms with van der Waals surface area (Å²) in [6, 6.07) is 15.8. The number of pyridine rings is 1. The number of hydrogen-bond donors (Lipinski definition) is 2. The van der Waals surface area contributed by atoms with Gasteiger partial charge in [-0.1, -0.05) is 41.9 Å². The lowest BCUT2D eigenvalue weighted by atomic mass is 9.73. The SMILES string of the molecule is COc1ccc2ncc(Cl)c([C@H](F)CCC3(C(=O)NO)CCN(CCCCc4ccccc4)CC3)c2c1. The maximum absolute atomic E-state index is 15.7. The Morgan fingerprint density at radius 1 is 1.22 bits per heavy atom. The first-order valence-corrected chi connectivity index (χ1v) is 13.3. The molecule has 2 aromatic carbocycles. The van der Waals surface area contributed by atoms with E-state index in [0.29, 0.717) is 41.5 Å². The maximum atomic E-state index is 15.7. The van der Waals surface area contributed by atoms with Gasteiger partial charge in [-0.3, -0.25) is 15.0 Å². The number of amides is 1. The van der Waals surface area contributed by atoms with Crippen LogP contribution < -0.4 is 10.2 Å². The van der Waals surface area contributed by atoms with Crippen LogP contribution in [0.1, 0.15) is 55.8 Å². The third kappa shape index (κ3) is 6.58. The highest BCUT2D eigenvalue weighted by atomic mass is 35.5. The molecule has 198 valence electrons. The van der Waals surface area contributed by atoms with Crippen LogP contribution in [-0.2, 0) is 11.2 Å². The van der Waals surface area contributed by atoms with Gasteiger partial charge < -0.3 is 9.64 Å². The van der Waals surface area contributed by atoms with Crippen LogP contribution in [0.2, 0.25) is 5.02 Å². The molecule has 1 saturated heterocycles. The second-order valence-electron chi connectivity index (χ2n) is 9.91. The van der Waals surface area contributed by atoms with Crippen molar-refractivity contribution >= 4 is 28.4 Å². The Bertz CT molecular complexity index is 1190. The lowest BCUT2D eigenvalue weighted by Crippen LogP contribution is -2.48. The van der Waals surface area contributed by atoms with E-state index in [-0.39, 0.29) is 11.4 Å². The van der Waals surface area contributed by atoms with E-state index in [2.05, 4.69) is 34.1 Å². The molecular weight excluding hydrogens is 493 g/mol. The number of likely N-dealkylation sites (tertiary alicyclic amines) is 1. The molecular formula is C29H35ClFN3O3. The standard InChI is InChI=1S/C29H35ClFN3O3/c1-37-22-10-11-26-23(19-22)27(24(30)20-32-26)25(31)12-13-29(28(35)33-36)14-17-34(18-15-29)16-6-5-9-21-7-3-2-4-8-21/h2-4,7-8,10-11,19-20,25,36H,5-6,9,12-18H2,1H3,(H,33,35)/t25-/m1/s1. The van der Waals surface area contributed by atoms with Gasteiger partial charge in [0.25, 0.3) is 0 Å². The van der Waals surface area contributed by atoms with Crippen LogP contribution in [0.3, 0.4) is 0 Å². The van der Waals surface area contributed by atoms with E-state index in [1.54, 1.807) is 25.3 Å². The number of carbonyl (C=O) groups is 1. The minimum atomic E-state index is -1.38. The number of aromatic nitrogens is 1. The molecule has 37 heavy (non-hydrogen) atoms. The molecule has 1 aromatic heterocycles. The molecule has 1 fully saturated rings. The first kappa shape index (κ1) is 27.3. The number of fused-ring (bicyclic) bond motifs is 1. The first-order valence-electron chi connectivity index (χ1n) is 12.9. The molecule has 4 rings (SSSR count). The molecule has 0 radical (unpaired) electrons. The molecule has 1 aliphatic rings. The Labute approximate surface area is 222 Å². The molecule has 1 aliphatic heterocycles. The minimum Gasteiger partial charge on any atom is -0.497 e. The van der Waals surface area contributed by atoms with Crippen molar-refractivity contribution in [1.82, 2.24) is 15.4 Å². The molecule has 1 amide bonds. The average Bonchev–Trinajstić information content (AvgIpc) is 2.94. The van der Waals surface area contributed by atoms with Gasteiger partial charge in [-0.15, -0.1) is 0 Å². The fraction of sp³-hybridized carbons (Fsp3) is 0.448. The summed E-state index contributed by atoms with van der Waals surface area (Å²) in [5, 5.41) is 10.3. The van der Waals surface area contributed by atoms with Crippen molar-refractivity contribution in [3.63, 3.8) is 0 Å². The minimum absolute atomic E-state index is 0.112. The number of halogens is 2. The normalized spacial score (nSPS) is 16.4. The maximum Gasteiger partial charge on any atom is 0.249 e.